The summed E-state index contributed by atoms with van der Waals surface area (Å²) >= 11 is 6.18. The number of carbonyl (C=O) groups is 1. The molecule has 0 fully saturated rings. The average Bonchev–Trinajstić information content (AvgIpc) is 3.37. The molecular weight excluding hydrogens is 416 g/mol. The zero-order chi connectivity index (χ0) is 22.1. The van der Waals surface area contributed by atoms with Gasteiger partial charge in [0, 0.05) is 30.3 Å². The third kappa shape index (κ3) is 4.02. The van der Waals surface area contributed by atoms with Crippen molar-refractivity contribution >= 4 is 23.2 Å². The number of nitrogens with one attached hydrogen (secondary N) is 1. The molecule has 0 spiro atoms. The largest absolute Gasteiger partial charge is 0.412 e. The van der Waals surface area contributed by atoms with Crippen molar-refractivity contribution in [3.05, 3.63) is 75.9 Å². The second kappa shape index (κ2) is 8.23. The number of rotatable bonds is 5. The summed E-state index contributed by atoms with van der Waals surface area (Å²) in [6.45, 7) is 4.03. The first-order valence-electron chi connectivity index (χ1n) is 9.62. The lowest BCUT2D eigenvalue weighted by molar-refractivity contribution is 0.0929. The van der Waals surface area contributed by atoms with E-state index >= 15 is 0 Å². The summed E-state index contributed by atoms with van der Waals surface area (Å²) in [5.41, 5.74) is 12.2. The van der Waals surface area contributed by atoms with E-state index in [9.17, 15) is 4.79 Å². The average molecular weight is 437 g/mol. The van der Waals surface area contributed by atoms with Crippen molar-refractivity contribution in [2.75, 3.05) is 12.8 Å². The molecule has 0 bridgehead atoms. The van der Waals surface area contributed by atoms with E-state index in [-0.39, 0.29) is 5.89 Å². The molecule has 31 heavy (non-hydrogen) atoms. The molecule has 8 nitrogen and oxygen atoms in total. The molecule has 4 aromatic rings. The predicted octanol–water partition coefficient (Wildman–Crippen LogP) is 3.73. The number of anilines is 1. The van der Waals surface area contributed by atoms with Crippen LogP contribution in [0.15, 0.2) is 46.9 Å². The van der Waals surface area contributed by atoms with Gasteiger partial charge in [-0.15, -0.1) is 10.2 Å². The van der Waals surface area contributed by atoms with Crippen LogP contribution in [0, 0.1) is 13.8 Å². The summed E-state index contributed by atoms with van der Waals surface area (Å²) in [6, 6.07) is 13.3. The van der Waals surface area contributed by atoms with Crippen molar-refractivity contribution < 1.29 is 9.21 Å². The Morgan fingerprint density at radius 2 is 1.90 bits per heavy atom. The SMILES string of the molecule is CNC(=O)c1nnc(-c2ccc(Cc3c(C)nn(-c4ccc(N)c(Cl)c4)c3C)cc2)o1. The fraction of sp³-hybridized carbons (Fsp3) is 0.182. The number of benzene rings is 2. The van der Waals surface area contributed by atoms with Crippen LogP contribution < -0.4 is 11.1 Å². The van der Waals surface area contributed by atoms with Crippen LogP contribution in [-0.4, -0.2) is 32.9 Å². The Bertz CT molecular complexity index is 1260. The summed E-state index contributed by atoms with van der Waals surface area (Å²) in [6.07, 6.45) is 0.716. The molecule has 0 atom stereocenters. The Hall–Kier alpha value is -3.65. The topological polar surface area (TPSA) is 112 Å². The van der Waals surface area contributed by atoms with E-state index in [0.29, 0.717) is 23.0 Å². The molecule has 0 aliphatic heterocycles. The lowest BCUT2D eigenvalue weighted by Crippen LogP contribution is -2.17. The van der Waals surface area contributed by atoms with Crippen LogP contribution in [0.25, 0.3) is 17.1 Å². The number of aromatic nitrogens is 4. The summed E-state index contributed by atoms with van der Waals surface area (Å²) < 4.78 is 7.30. The highest BCUT2D eigenvalue weighted by Crippen LogP contribution is 2.26. The number of nitrogen functional groups attached to an aromatic ring is 1. The molecule has 2 heterocycles. The van der Waals surface area contributed by atoms with Gasteiger partial charge >= 0.3 is 11.8 Å². The van der Waals surface area contributed by atoms with Gasteiger partial charge in [0.25, 0.3) is 0 Å². The minimum atomic E-state index is -0.416. The molecule has 0 radical (unpaired) electrons. The zero-order valence-corrected chi connectivity index (χ0v) is 18.1. The van der Waals surface area contributed by atoms with E-state index in [1.807, 2.05) is 54.9 Å². The number of aryl methyl sites for hydroxylation is 1. The number of carbonyl (C=O) groups excluding carboxylic acids is 1. The van der Waals surface area contributed by atoms with E-state index in [1.165, 1.54) is 7.05 Å². The van der Waals surface area contributed by atoms with E-state index in [2.05, 4.69) is 20.6 Å². The van der Waals surface area contributed by atoms with Crippen molar-refractivity contribution in [2.24, 2.45) is 0 Å². The summed E-state index contributed by atoms with van der Waals surface area (Å²) in [7, 11) is 1.51. The molecule has 0 saturated carbocycles. The Labute approximate surface area is 184 Å². The maximum Gasteiger partial charge on any atom is 0.308 e. The third-order valence-electron chi connectivity index (χ3n) is 5.10. The van der Waals surface area contributed by atoms with Gasteiger partial charge in [0.1, 0.15) is 0 Å². The molecular formula is C22H21ClN6O2. The molecule has 0 saturated heterocycles. The highest BCUT2D eigenvalue weighted by molar-refractivity contribution is 6.33. The monoisotopic (exact) mass is 436 g/mol. The number of halogens is 1. The van der Waals surface area contributed by atoms with Crippen molar-refractivity contribution in [1.82, 2.24) is 25.3 Å². The molecule has 0 aliphatic carbocycles. The van der Waals surface area contributed by atoms with Gasteiger partial charge in [-0.2, -0.15) is 5.10 Å². The highest BCUT2D eigenvalue weighted by Gasteiger charge is 2.16. The van der Waals surface area contributed by atoms with Crippen LogP contribution in [0.5, 0.6) is 0 Å². The van der Waals surface area contributed by atoms with Crippen LogP contribution >= 0.6 is 11.6 Å². The zero-order valence-electron chi connectivity index (χ0n) is 17.3. The van der Waals surface area contributed by atoms with E-state index < -0.39 is 5.91 Å². The molecule has 0 unspecified atom stereocenters. The Morgan fingerprint density at radius 1 is 1.16 bits per heavy atom. The lowest BCUT2D eigenvalue weighted by atomic mass is 10.0. The maximum absolute atomic E-state index is 11.6. The van der Waals surface area contributed by atoms with Crippen molar-refractivity contribution in [1.29, 1.82) is 0 Å². The Balaban J connectivity index is 1.57. The van der Waals surface area contributed by atoms with Gasteiger partial charge in [-0.1, -0.05) is 23.7 Å². The molecule has 0 aliphatic rings. The second-order valence-electron chi connectivity index (χ2n) is 7.13. The summed E-state index contributed by atoms with van der Waals surface area (Å²) in [5, 5.41) is 15.3. The molecule has 158 valence electrons. The van der Waals surface area contributed by atoms with Crippen molar-refractivity contribution in [3.8, 4) is 17.1 Å². The summed E-state index contributed by atoms with van der Waals surface area (Å²) in [5.74, 6) is -0.186. The van der Waals surface area contributed by atoms with Crippen LogP contribution in [0.2, 0.25) is 5.02 Å². The van der Waals surface area contributed by atoms with Gasteiger partial charge in [0.2, 0.25) is 5.89 Å². The van der Waals surface area contributed by atoms with Crippen LogP contribution in [0.3, 0.4) is 0 Å². The van der Waals surface area contributed by atoms with Crippen molar-refractivity contribution in [2.45, 2.75) is 20.3 Å². The van der Waals surface area contributed by atoms with Crippen molar-refractivity contribution in [3.63, 3.8) is 0 Å². The lowest BCUT2D eigenvalue weighted by Gasteiger charge is -2.08. The van der Waals surface area contributed by atoms with E-state index in [4.69, 9.17) is 21.8 Å². The normalized spacial score (nSPS) is 11.0. The number of amides is 1. The van der Waals surface area contributed by atoms with Gasteiger partial charge in [0.05, 0.1) is 22.1 Å². The first kappa shape index (κ1) is 20.6. The molecule has 2 aromatic carbocycles. The first-order chi connectivity index (χ1) is 14.9. The fourth-order valence-electron chi connectivity index (χ4n) is 3.34. The second-order valence-corrected chi connectivity index (χ2v) is 7.54. The minimum absolute atomic E-state index is 0.0667. The smallest absolute Gasteiger partial charge is 0.308 e. The molecule has 9 heteroatoms. The highest BCUT2D eigenvalue weighted by atomic mass is 35.5. The summed E-state index contributed by atoms with van der Waals surface area (Å²) in [4.78, 5) is 11.6. The van der Waals surface area contributed by atoms with Crippen LogP contribution in [-0.2, 0) is 6.42 Å². The number of nitrogens with zero attached hydrogens (tertiary/aromatic N) is 4. The third-order valence-corrected chi connectivity index (χ3v) is 5.43. The van der Waals surface area contributed by atoms with E-state index in [1.54, 1.807) is 6.07 Å². The number of hydrogen-bond acceptors (Lipinski definition) is 6. The molecule has 2 aromatic heterocycles. The molecule has 4 rings (SSSR count). The predicted molar refractivity (Wildman–Crippen MR) is 118 cm³/mol. The van der Waals surface area contributed by atoms with Gasteiger partial charge in [0.15, 0.2) is 0 Å². The number of nitrogens with two attached hydrogens (primary N) is 1. The van der Waals surface area contributed by atoms with Gasteiger partial charge in [-0.25, -0.2) is 4.68 Å². The fourth-order valence-corrected chi connectivity index (χ4v) is 3.51. The van der Waals surface area contributed by atoms with Crippen LogP contribution in [0.1, 0.15) is 33.2 Å². The standard InChI is InChI=1S/C22H21ClN6O2/c1-12-17(13(2)29(28-12)16-8-9-19(24)18(23)11-16)10-14-4-6-15(7-5-14)21-26-27-22(31-21)20(30)25-3/h4-9,11H,10,24H2,1-3H3,(H,25,30). The minimum Gasteiger partial charge on any atom is -0.412 e. The Morgan fingerprint density at radius 3 is 2.58 bits per heavy atom. The quantitative estimate of drug-likeness (QED) is 0.461. The Kier molecular flexibility index (Phi) is 5.48. The number of hydrogen-bond donors (Lipinski definition) is 2. The first-order valence-corrected chi connectivity index (χ1v) is 10.0. The molecule has 1 amide bonds. The van der Waals surface area contributed by atoms with E-state index in [0.717, 1.165) is 33.8 Å². The maximum atomic E-state index is 11.6. The van der Waals surface area contributed by atoms with Gasteiger partial charge in [-0.05, 0) is 49.7 Å². The van der Waals surface area contributed by atoms with Gasteiger partial charge in [-0.3, -0.25) is 4.79 Å². The molecule has 3 N–H and O–H groups in total. The van der Waals surface area contributed by atoms with Gasteiger partial charge < -0.3 is 15.5 Å². The van der Waals surface area contributed by atoms with Crippen LogP contribution in [0.4, 0.5) is 5.69 Å².